The molecule has 0 atom stereocenters. The highest BCUT2D eigenvalue weighted by molar-refractivity contribution is 5.85. The van der Waals surface area contributed by atoms with Crippen LogP contribution in [0.4, 0.5) is 0 Å². The topological polar surface area (TPSA) is 46.0 Å². The van der Waals surface area contributed by atoms with Crippen LogP contribution in [-0.2, 0) is 13.1 Å². The van der Waals surface area contributed by atoms with Crippen molar-refractivity contribution in [1.82, 2.24) is 25.0 Å². The highest BCUT2D eigenvalue weighted by atomic mass is 35.5. The third-order valence-electron chi connectivity index (χ3n) is 3.91. The van der Waals surface area contributed by atoms with E-state index in [-0.39, 0.29) is 12.4 Å². The lowest BCUT2D eigenvalue weighted by molar-refractivity contribution is 0.147. The number of rotatable bonds is 7. The summed E-state index contributed by atoms with van der Waals surface area (Å²) >= 11 is 0. The van der Waals surface area contributed by atoms with Crippen molar-refractivity contribution in [1.29, 1.82) is 0 Å². The van der Waals surface area contributed by atoms with E-state index in [0.717, 1.165) is 38.5 Å². The zero-order chi connectivity index (χ0) is 14.4. The molecule has 1 aliphatic rings. The lowest BCUT2D eigenvalue weighted by Crippen LogP contribution is -2.43. The van der Waals surface area contributed by atoms with Crippen LogP contribution >= 0.6 is 12.4 Å². The molecule has 21 heavy (non-hydrogen) atoms. The zero-order valence-corrected chi connectivity index (χ0v) is 14.4. The van der Waals surface area contributed by atoms with Gasteiger partial charge in [0.05, 0.1) is 6.54 Å². The summed E-state index contributed by atoms with van der Waals surface area (Å²) in [7, 11) is 0. The molecule has 6 heteroatoms. The van der Waals surface area contributed by atoms with Crippen molar-refractivity contribution in [3.63, 3.8) is 0 Å². The third-order valence-corrected chi connectivity index (χ3v) is 3.91. The zero-order valence-electron chi connectivity index (χ0n) is 13.6. The SMILES string of the molecule is CCCN(Cc1ncnn1CC(C)C)C1CCNCC1.Cl. The smallest absolute Gasteiger partial charge is 0.141 e. The Labute approximate surface area is 134 Å². The quantitative estimate of drug-likeness (QED) is 0.839. The molecule has 1 N–H and O–H groups in total. The lowest BCUT2D eigenvalue weighted by Gasteiger charge is -2.34. The van der Waals surface area contributed by atoms with Crippen LogP contribution in [0.25, 0.3) is 0 Å². The molecule has 1 aromatic heterocycles. The number of halogens is 1. The molecule has 5 nitrogen and oxygen atoms in total. The molecular formula is C15H30ClN5. The number of nitrogens with one attached hydrogen (secondary N) is 1. The van der Waals surface area contributed by atoms with Crippen molar-refractivity contribution in [2.45, 2.75) is 59.2 Å². The Kier molecular flexibility index (Phi) is 8.22. The van der Waals surface area contributed by atoms with Crippen molar-refractivity contribution in [2.24, 2.45) is 5.92 Å². The normalized spacial score (nSPS) is 16.4. The van der Waals surface area contributed by atoms with Crippen LogP contribution in [-0.4, -0.2) is 45.3 Å². The molecule has 122 valence electrons. The van der Waals surface area contributed by atoms with E-state index in [1.54, 1.807) is 6.33 Å². The number of hydrogen-bond acceptors (Lipinski definition) is 4. The molecule has 1 aromatic rings. The summed E-state index contributed by atoms with van der Waals surface area (Å²) in [5.41, 5.74) is 0. The number of aromatic nitrogens is 3. The molecule has 1 saturated heterocycles. The minimum absolute atomic E-state index is 0. The average Bonchev–Trinajstić information content (AvgIpc) is 2.86. The molecule has 0 radical (unpaired) electrons. The number of piperidine rings is 1. The summed E-state index contributed by atoms with van der Waals surface area (Å²) in [5, 5.41) is 7.83. The van der Waals surface area contributed by atoms with Crippen LogP contribution in [0.3, 0.4) is 0 Å². The van der Waals surface area contributed by atoms with Crippen LogP contribution in [0.5, 0.6) is 0 Å². The highest BCUT2D eigenvalue weighted by Crippen LogP contribution is 2.15. The largest absolute Gasteiger partial charge is 0.317 e. The second-order valence-electron chi connectivity index (χ2n) is 6.20. The first-order chi connectivity index (χ1) is 9.70. The molecule has 1 aliphatic heterocycles. The third kappa shape index (κ3) is 5.57. The molecule has 0 aliphatic carbocycles. The second-order valence-corrected chi connectivity index (χ2v) is 6.20. The molecule has 0 bridgehead atoms. The van der Waals surface area contributed by atoms with Gasteiger partial charge >= 0.3 is 0 Å². The fourth-order valence-electron chi connectivity index (χ4n) is 2.94. The van der Waals surface area contributed by atoms with E-state index in [1.807, 2.05) is 0 Å². The Morgan fingerprint density at radius 2 is 2.10 bits per heavy atom. The lowest BCUT2D eigenvalue weighted by atomic mass is 10.0. The second kappa shape index (κ2) is 9.38. The van der Waals surface area contributed by atoms with Crippen LogP contribution in [0.15, 0.2) is 6.33 Å². The van der Waals surface area contributed by atoms with Gasteiger partial charge in [-0.1, -0.05) is 20.8 Å². The van der Waals surface area contributed by atoms with Gasteiger partial charge in [-0.3, -0.25) is 4.90 Å². The minimum Gasteiger partial charge on any atom is -0.317 e. The molecule has 0 spiro atoms. The molecule has 2 rings (SSSR count). The van der Waals surface area contributed by atoms with Crippen molar-refractivity contribution >= 4 is 12.4 Å². The van der Waals surface area contributed by atoms with Gasteiger partial charge in [0.15, 0.2) is 0 Å². The molecule has 2 heterocycles. The maximum absolute atomic E-state index is 4.48. The van der Waals surface area contributed by atoms with E-state index < -0.39 is 0 Å². The fraction of sp³-hybridized carbons (Fsp3) is 0.867. The van der Waals surface area contributed by atoms with Crippen molar-refractivity contribution in [3.8, 4) is 0 Å². The summed E-state index contributed by atoms with van der Waals surface area (Å²) in [6, 6.07) is 0.695. The van der Waals surface area contributed by atoms with Gasteiger partial charge in [-0.05, 0) is 44.8 Å². The number of hydrogen-bond donors (Lipinski definition) is 1. The molecule has 0 saturated carbocycles. The van der Waals surface area contributed by atoms with Crippen molar-refractivity contribution < 1.29 is 0 Å². The van der Waals surface area contributed by atoms with E-state index in [2.05, 4.69) is 45.8 Å². The Bertz CT molecular complexity index is 387. The molecule has 0 aromatic carbocycles. The van der Waals surface area contributed by atoms with Crippen LogP contribution in [0.1, 0.15) is 45.9 Å². The van der Waals surface area contributed by atoms with Gasteiger partial charge in [0.1, 0.15) is 12.2 Å². The predicted molar refractivity (Wildman–Crippen MR) is 88.7 cm³/mol. The summed E-state index contributed by atoms with van der Waals surface area (Å²) in [6.45, 7) is 12.0. The van der Waals surface area contributed by atoms with Gasteiger partial charge in [-0.15, -0.1) is 12.4 Å². The predicted octanol–water partition coefficient (Wildman–Crippen LogP) is 2.32. The van der Waals surface area contributed by atoms with Gasteiger partial charge in [-0.2, -0.15) is 5.10 Å². The van der Waals surface area contributed by atoms with E-state index >= 15 is 0 Å². The fourth-order valence-corrected chi connectivity index (χ4v) is 2.94. The Morgan fingerprint density at radius 1 is 1.38 bits per heavy atom. The van der Waals surface area contributed by atoms with Crippen molar-refractivity contribution in [2.75, 3.05) is 19.6 Å². The Balaban J connectivity index is 0.00000220. The van der Waals surface area contributed by atoms with E-state index in [0.29, 0.717) is 12.0 Å². The van der Waals surface area contributed by atoms with Gasteiger partial charge in [-0.25, -0.2) is 9.67 Å². The maximum atomic E-state index is 4.48. The van der Waals surface area contributed by atoms with Crippen LogP contribution in [0.2, 0.25) is 0 Å². The summed E-state index contributed by atoms with van der Waals surface area (Å²) in [4.78, 5) is 7.08. The summed E-state index contributed by atoms with van der Waals surface area (Å²) < 4.78 is 2.08. The first-order valence-electron chi connectivity index (χ1n) is 8.02. The van der Waals surface area contributed by atoms with Gasteiger partial charge < -0.3 is 5.32 Å². The highest BCUT2D eigenvalue weighted by Gasteiger charge is 2.22. The van der Waals surface area contributed by atoms with Crippen LogP contribution < -0.4 is 5.32 Å². The van der Waals surface area contributed by atoms with E-state index in [4.69, 9.17) is 0 Å². The van der Waals surface area contributed by atoms with Crippen LogP contribution in [0, 0.1) is 5.92 Å². The molecule has 0 amide bonds. The summed E-state index contributed by atoms with van der Waals surface area (Å²) in [5.74, 6) is 1.72. The molecule has 0 unspecified atom stereocenters. The van der Waals surface area contributed by atoms with Crippen molar-refractivity contribution in [3.05, 3.63) is 12.2 Å². The first-order valence-corrected chi connectivity index (χ1v) is 8.02. The standard InChI is InChI=1S/C15H29N5.ClH/c1-4-9-19(14-5-7-16-8-6-14)11-15-17-12-18-20(15)10-13(2)3;/h12-14,16H,4-11H2,1-3H3;1H. The van der Waals surface area contributed by atoms with Gasteiger partial charge in [0.25, 0.3) is 0 Å². The van der Waals surface area contributed by atoms with Gasteiger partial charge in [0, 0.05) is 12.6 Å². The van der Waals surface area contributed by atoms with E-state index in [9.17, 15) is 0 Å². The number of nitrogens with zero attached hydrogens (tertiary/aromatic N) is 4. The first kappa shape index (κ1) is 18.4. The monoisotopic (exact) mass is 315 g/mol. The summed E-state index contributed by atoms with van der Waals surface area (Å²) in [6.07, 6.45) is 5.39. The maximum Gasteiger partial charge on any atom is 0.141 e. The average molecular weight is 316 g/mol. The molecular weight excluding hydrogens is 286 g/mol. The Morgan fingerprint density at radius 3 is 2.71 bits per heavy atom. The Hall–Kier alpha value is -0.650. The molecule has 1 fully saturated rings. The van der Waals surface area contributed by atoms with Gasteiger partial charge in [0.2, 0.25) is 0 Å². The van der Waals surface area contributed by atoms with E-state index in [1.165, 1.54) is 19.3 Å². The minimum atomic E-state index is 0.